The van der Waals surface area contributed by atoms with Crippen LogP contribution in [0.15, 0.2) is 39.9 Å². The summed E-state index contributed by atoms with van der Waals surface area (Å²) in [6.45, 7) is -0.311. The minimum absolute atomic E-state index is 0.202. The van der Waals surface area contributed by atoms with Gasteiger partial charge in [0.2, 0.25) is 48.6 Å². The first-order valence-electron chi connectivity index (χ1n) is 11.5. The first kappa shape index (κ1) is 34.0. The minimum Gasteiger partial charge on any atom is -0.211 e. The number of hydrogen-bond donors (Lipinski definition) is 0. The van der Waals surface area contributed by atoms with Crippen molar-refractivity contribution in [1.82, 2.24) is 0 Å². The van der Waals surface area contributed by atoms with Crippen molar-refractivity contribution in [2.75, 3.05) is 13.1 Å². The molecular weight excluding hydrogens is 516 g/mol. The van der Waals surface area contributed by atoms with Gasteiger partial charge in [-0.05, 0) is 19.3 Å². The molecule has 0 fully saturated rings. The second kappa shape index (κ2) is 22.3. The Morgan fingerprint density at radius 2 is 0.923 bits per heavy atom. The summed E-state index contributed by atoms with van der Waals surface area (Å²) in [5, 5.41) is 0. The molecule has 0 radical (unpaired) electrons. The largest absolute Gasteiger partial charge is 0.237 e. The molecule has 0 aromatic carbocycles. The summed E-state index contributed by atoms with van der Waals surface area (Å²) >= 11 is 0. The fourth-order valence-corrected chi connectivity index (χ4v) is 4.07. The average molecular weight is 540 g/mol. The van der Waals surface area contributed by atoms with Crippen molar-refractivity contribution in [3.63, 3.8) is 0 Å². The molecule has 0 spiro atoms. The lowest BCUT2D eigenvalue weighted by atomic mass is 9.72. The van der Waals surface area contributed by atoms with Crippen molar-refractivity contribution in [3.05, 3.63) is 0 Å². The molecule has 0 aliphatic carbocycles. The molecule has 39 heavy (non-hydrogen) atoms. The fourth-order valence-electron chi connectivity index (χ4n) is 4.07. The van der Waals surface area contributed by atoms with Gasteiger partial charge in [0.1, 0.15) is 0 Å². The Morgan fingerprint density at radius 3 is 1.36 bits per heavy atom. The van der Waals surface area contributed by atoms with Crippen molar-refractivity contribution in [2.24, 2.45) is 51.3 Å². The van der Waals surface area contributed by atoms with Gasteiger partial charge in [0.05, 0.1) is 18.5 Å². The fraction of sp³-hybridized carbons (Fsp3) is 0.652. The average Bonchev–Trinajstić information content (AvgIpc) is 2.93. The van der Waals surface area contributed by atoms with E-state index in [0.29, 0.717) is 25.8 Å². The highest BCUT2D eigenvalue weighted by Gasteiger charge is 2.50. The third-order valence-corrected chi connectivity index (χ3v) is 5.76. The Kier molecular flexibility index (Phi) is 19.4. The molecule has 0 aliphatic heterocycles. The van der Waals surface area contributed by atoms with Crippen LogP contribution in [0.25, 0.3) is 0 Å². The van der Waals surface area contributed by atoms with Crippen LogP contribution < -0.4 is 0 Å². The second-order valence-electron chi connectivity index (χ2n) is 7.97. The number of rotatable bonds is 22. The van der Waals surface area contributed by atoms with E-state index in [1.807, 2.05) is 0 Å². The van der Waals surface area contributed by atoms with Crippen LogP contribution in [0, 0.1) is 11.3 Å². The smallest absolute Gasteiger partial charge is 0.211 e. The normalized spacial score (nSPS) is 13.9. The maximum Gasteiger partial charge on any atom is 0.237 e. The zero-order valence-corrected chi connectivity index (χ0v) is 20.7. The zero-order chi connectivity index (χ0) is 29.2. The summed E-state index contributed by atoms with van der Waals surface area (Å²) in [7, 11) is 0. The van der Waals surface area contributed by atoms with Crippen LogP contribution in [-0.2, 0) is 38.4 Å². The Labute approximate surface area is 221 Å². The Hall–Kier alpha value is -4.96. The van der Waals surface area contributed by atoms with Gasteiger partial charge in [0.15, 0.2) is 18.5 Å². The van der Waals surface area contributed by atoms with Gasteiger partial charge < -0.3 is 0 Å². The molecule has 1 atom stereocenters. The van der Waals surface area contributed by atoms with E-state index in [9.17, 15) is 38.4 Å². The molecule has 0 saturated heterocycles. The highest BCUT2D eigenvalue weighted by Crippen LogP contribution is 2.42. The highest BCUT2D eigenvalue weighted by molar-refractivity contribution is 5.41. The summed E-state index contributed by atoms with van der Waals surface area (Å²) in [5.41, 5.74) is -1.99. The number of isocyanates is 8. The molecule has 0 aromatic rings. The number of unbranched alkanes of at least 4 members (excludes halogenated alkanes) is 5. The molecule has 0 rings (SSSR count). The summed E-state index contributed by atoms with van der Waals surface area (Å²) in [5.74, 6) is -0.908. The molecule has 16 heteroatoms. The lowest BCUT2D eigenvalue weighted by Crippen LogP contribution is -2.47. The van der Waals surface area contributed by atoms with Gasteiger partial charge in [0, 0.05) is 5.92 Å². The number of carbonyl (C=O) groups excluding carboxylic acids is 8. The van der Waals surface area contributed by atoms with Crippen molar-refractivity contribution in [1.29, 1.82) is 0 Å². The van der Waals surface area contributed by atoms with Gasteiger partial charge in [-0.15, -0.1) is 0 Å². The van der Waals surface area contributed by atoms with E-state index in [2.05, 4.69) is 39.9 Å². The third kappa shape index (κ3) is 12.7. The number of hydrogen-bond acceptors (Lipinski definition) is 16. The van der Waals surface area contributed by atoms with Gasteiger partial charge in [-0.25, -0.2) is 48.3 Å². The van der Waals surface area contributed by atoms with Crippen LogP contribution >= 0.6 is 0 Å². The van der Waals surface area contributed by atoms with Crippen molar-refractivity contribution in [3.8, 4) is 0 Å². The summed E-state index contributed by atoms with van der Waals surface area (Å²) < 4.78 is 0. The first-order chi connectivity index (χ1) is 19.0. The summed E-state index contributed by atoms with van der Waals surface area (Å²) in [6, 6.07) is 0. The predicted molar refractivity (Wildman–Crippen MR) is 129 cm³/mol. The minimum atomic E-state index is -1.99. The summed E-state index contributed by atoms with van der Waals surface area (Å²) in [4.78, 5) is 116. The maximum atomic E-state index is 11.2. The molecule has 1 unspecified atom stereocenters. The zero-order valence-electron chi connectivity index (χ0n) is 20.7. The maximum absolute atomic E-state index is 11.2. The van der Waals surface area contributed by atoms with Gasteiger partial charge in [-0.3, -0.25) is 0 Å². The standard InChI is InChI=1S/C23H24N8O8/c32-11-24-8-6-4-2-1-3-5-7-19(20(26-13-34)27-14-35)9-23(10-25-12-33,21(28-15-36)29-16-37)22(30-17-38)31-18-39/h19-22H,1-10H2. The Morgan fingerprint density at radius 1 is 0.487 bits per heavy atom. The van der Waals surface area contributed by atoms with Crippen LogP contribution in [0.3, 0.4) is 0 Å². The van der Waals surface area contributed by atoms with Gasteiger partial charge in [0.25, 0.3) is 0 Å². The molecule has 0 heterocycles. The topological polar surface area (TPSA) is 235 Å². The van der Waals surface area contributed by atoms with Crippen LogP contribution in [0.5, 0.6) is 0 Å². The Bertz CT molecular complexity index is 1080. The van der Waals surface area contributed by atoms with Crippen molar-refractivity contribution < 1.29 is 38.4 Å². The summed E-state index contributed by atoms with van der Waals surface area (Å²) in [6.07, 6.45) is 9.20. The predicted octanol–water partition coefficient (Wildman–Crippen LogP) is 1.37. The molecule has 0 bridgehead atoms. The van der Waals surface area contributed by atoms with Crippen LogP contribution in [0.4, 0.5) is 0 Å². The third-order valence-electron chi connectivity index (χ3n) is 5.76. The van der Waals surface area contributed by atoms with Crippen LogP contribution in [0.1, 0.15) is 51.4 Å². The lowest BCUT2D eigenvalue weighted by molar-refractivity contribution is 0.128. The quantitative estimate of drug-likeness (QED) is 0.110. The SMILES string of the molecule is O=C=NCCCCCCCCC(CC(CN=C=O)(C(N=C=O)N=C=O)C(N=C=O)N=C=O)C(N=C=O)N=C=O. The first-order valence-corrected chi connectivity index (χ1v) is 11.5. The van der Waals surface area contributed by atoms with E-state index in [0.717, 1.165) is 19.3 Å². The molecule has 16 nitrogen and oxygen atoms in total. The molecule has 0 aromatic heterocycles. The Balaban J connectivity index is 6.53. The van der Waals surface area contributed by atoms with Gasteiger partial charge in [-0.1, -0.05) is 32.1 Å². The molecule has 0 saturated carbocycles. The number of nitrogens with zero attached hydrogens (tertiary/aromatic N) is 8. The highest BCUT2D eigenvalue weighted by atomic mass is 16.1. The van der Waals surface area contributed by atoms with E-state index < -0.39 is 42.8 Å². The van der Waals surface area contributed by atoms with Crippen molar-refractivity contribution in [2.45, 2.75) is 69.9 Å². The monoisotopic (exact) mass is 540 g/mol. The number of aliphatic imine (C=N–C) groups is 8. The molecule has 204 valence electrons. The molecule has 0 aliphatic rings. The van der Waals surface area contributed by atoms with E-state index >= 15 is 0 Å². The second-order valence-corrected chi connectivity index (χ2v) is 7.97. The van der Waals surface area contributed by atoms with E-state index in [1.54, 1.807) is 0 Å². The van der Waals surface area contributed by atoms with Crippen molar-refractivity contribution >= 4 is 48.6 Å². The molecule has 0 amide bonds. The van der Waals surface area contributed by atoms with Crippen LogP contribution in [-0.4, -0.2) is 80.2 Å². The van der Waals surface area contributed by atoms with Crippen LogP contribution in [0.2, 0.25) is 0 Å². The van der Waals surface area contributed by atoms with Gasteiger partial charge in [-0.2, -0.15) is 30.0 Å². The molecule has 0 N–H and O–H groups in total. The molecular formula is C23H24N8O8. The lowest BCUT2D eigenvalue weighted by Gasteiger charge is -2.38. The van der Waals surface area contributed by atoms with E-state index in [4.69, 9.17) is 0 Å². The van der Waals surface area contributed by atoms with Gasteiger partial charge >= 0.3 is 0 Å². The van der Waals surface area contributed by atoms with E-state index in [1.165, 1.54) is 48.6 Å². The van der Waals surface area contributed by atoms with E-state index in [-0.39, 0.29) is 6.42 Å².